The third-order valence-corrected chi connectivity index (χ3v) is 6.63. The molecule has 154 valence electrons. The number of nitrogens with zero attached hydrogens (tertiary/aromatic N) is 5. The van der Waals surface area contributed by atoms with Gasteiger partial charge in [0.2, 0.25) is 11.7 Å². The van der Waals surface area contributed by atoms with Crippen LogP contribution in [0, 0.1) is 5.82 Å². The van der Waals surface area contributed by atoms with Crippen LogP contribution in [0.25, 0.3) is 32.7 Å². The van der Waals surface area contributed by atoms with E-state index >= 15 is 0 Å². The number of hydrogen-bond donors (Lipinski definition) is 0. The lowest BCUT2D eigenvalue weighted by atomic mass is 10.1. The molecule has 0 fully saturated rings. The van der Waals surface area contributed by atoms with E-state index in [4.69, 9.17) is 4.52 Å². The van der Waals surface area contributed by atoms with Gasteiger partial charge in [-0.25, -0.2) is 14.4 Å². The first-order valence-electron chi connectivity index (χ1n) is 9.62. The minimum atomic E-state index is -0.248. The number of fused-ring (bicyclic) bond motifs is 1. The largest absolute Gasteiger partial charge is 0.339 e. The molecule has 0 bridgehead atoms. The molecule has 0 saturated heterocycles. The maximum Gasteiger partial charge on any atom is 0.226 e. The van der Waals surface area contributed by atoms with Crippen LogP contribution in [0.5, 0.6) is 0 Å². The van der Waals surface area contributed by atoms with Gasteiger partial charge in [-0.2, -0.15) is 4.98 Å². The number of pyridine rings is 1. The molecule has 0 aliphatic rings. The first kappa shape index (κ1) is 19.8. The molecule has 0 aliphatic heterocycles. The first-order chi connectivity index (χ1) is 15.3. The summed E-state index contributed by atoms with van der Waals surface area (Å²) >= 11 is 3.24. The Morgan fingerprint density at radius 3 is 2.68 bits per heavy atom. The Morgan fingerprint density at radius 1 is 1.00 bits per heavy atom. The summed E-state index contributed by atoms with van der Waals surface area (Å²) in [6.45, 7) is 0. The second kappa shape index (κ2) is 8.91. The molecule has 1 aromatic carbocycles. The quantitative estimate of drug-likeness (QED) is 0.180. The standard InChI is InChI=1S/C22H16FN5OS2/c23-16-5-3-14(4-6-16)17-12-31-22-19(17)21(25-13-26-22)30-11-1-2-18-27-20(28-29-18)15-7-9-24-10-8-15/h3-10,12-13H,1-2,11H2. The lowest BCUT2D eigenvalue weighted by molar-refractivity contribution is 0.378. The summed E-state index contributed by atoms with van der Waals surface area (Å²) in [5.41, 5.74) is 2.87. The van der Waals surface area contributed by atoms with E-state index in [-0.39, 0.29) is 5.82 Å². The molecule has 0 atom stereocenters. The van der Waals surface area contributed by atoms with Crippen molar-refractivity contribution in [1.29, 1.82) is 0 Å². The van der Waals surface area contributed by atoms with E-state index < -0.39 is 0 Å². The smallest absolute Gasteiger partial charge is 0.226 e. The van der Waals surface area contributed by atoms with Gasteiger partial charge in [-0.1, -0.05) is 17.3 Å². The van der Waals surface area contributed by atoms with E-state index in [9.17, 15) is 4.39 Å². The average molecular weight is 450 g/mol. The van der Waals surface area contributed by atoms with E-state index in [0.29, 0.717) is 18.1 Å². The topological polar surface area (TPSA) is 77.6 Å². The van der Waals surface area contributed by atoms with Crippen LogP contribution in [0.2, 0.25) is 0 Å². The fourth-order valence-corrected chi connectivity index (χ4v) is 5.10. The highest BCUT2D eigenvalue weighted by Crippen LogP contribution is 2.38. The van der Waals surface area contributed by atoms with Crippen molar-refractivity contribution in [3.05, 3.63) is 72.2 Å². The van der Waals surface area contributed by atoms with Crippen molar-refractivity contribution in [2.45, 2.75) is 17.9 Å². The van der Waals surface area contributed by atoms with Crippen LogP contribution in [0.4, 0.5) is 4.39 Å². The number of thioether (sulfide) groups is 1. The van der Waals surface area contributed by atoms with Gasteiger partial charge < -0.3 is 4.52 Å². The Balaban J connectivity index is 1.27. The molecule has 0 amide bonds. The molecule has 0 radical (unpaired) electrons. The molecular weight excluding hydrogens is 433 g/mol. The Labute approximate surface area is 185 Å². The summed E-state index contributed by atoms with van der Waals surface area (Å²) in [7, 11) is 0. The molecule has 31 heavy (non-hydrogen) atoms. The molecule has 0 unspecified atom stereocenters. The van der Waals surface area contributed by atoms with E-state index in [1.807, 2.05) is 12.1 Å². The van der Waals surface area contributed by atoms with Crippen LogP contribution < -0.4 is 0 Å². The molecular formula is C22H16FN5OS2. The first-order valence-corrected chi connectivity index (χ1v) is 11.5. The van der Waals surface area contributed by atoms with Crippen LogP contribution in [-0.2, 0) is 6.42 Å². The summed E-state index contributed by atoms with van der Waals surface area (Å²) in [4.78, 5) is 18.3. The van der Waals surface area contributed by atoms with Gasteiger partial charge in [0.15, 0.2) is 0 Å². The highest BCUT2D eigenvalue weighted by Gasteiger charge is 2.14. The number of halogens is 1. The van der Waals surface area contributed by atoms with Gasteiger partial charge in [0.25, 0.3) is 0 Å². The molecule has 5 aromatic rings. The fourth-order valence-electron chi connectivity index (χ4n) is 3.17. The molecule has 0 N–H and O–H groups in total. The van der Waals surface area contributed by atoms with Gasteiger partial charge in [0.1, 0.15) is 22.0 Å². The summed E-state index contributed by atoms with van der Waals surface area (Å²) in [6.07, 6.45) is 6.55. The minimum Gasteiger partial charge on any atom is -0.339 e. The summed E-state index contributed by atoms with van der Waals surface area (Å²) in [5.74, 6) is 1.78. The molecule has 0 saturated carbocycles. The van der Waals surface area contributed by atoms with Crippen LogP contribution in [-0.4, -0.2) is 30.8 Å². The predicted octanol–water partition coefficient (Wildman–Crippen LogP) is 5.67. The fraction of sp³-hybridized carbons (Fsp3) is 0.136. The molecule has 4 aromatic heterocycles. The number of hydrogen-bond acceptors (Lipinski definition) is 8. The number of rotatable bonds is 7. The van der Waals surface area contributed by atoms with E-state index in [1.165, 1.54) is 12.1 Å². The summed E-state index contributed by atoms with van der Waals surface area (Å²) in [5, 5.41) is 8.03. The maximum atomic E-state index is 13.3. The Kier molecular flexibility index (Phi) is 5.68. The van der Waals surface area contributed by atoms with Crippen molar-refractivity contribution >= 4 is 33.3 Å². The van der Waals surface area contributed by atoms with Crippen LogP contribution in [0.1, 0.15) is 12.3 Å². The number of aryl methyl sites for hydroxylation is 1. The van der Waals surface area contributed by atoms with Crippen LogP contribution in [0.15, 0.2) is 70.0 Å². The van der Waals surface area contributed by atoms with E-state index in [1.54, 1.807) is 54.0 Å². The Hall–Kier alpha value is -3.17. The zero-order valence-electron chi connectivity index (χ0n) is 16.2. The van der Waals surface area contributed by atoms with Gasteiger partial charge >= 0.3 is 0 Å². The molecule has 9 heteroatoms. The van der Waals surface area contributed by atoms with Crippen molar-refractivity contribution in [1.82, 2.24) is 25.1 Å². The van der Waals surface area contributed by atoms with Crippen molar-refractivity contribution in [3.63, 3.8) is 0 Å². The van der Waals surface area contributed by atoms with Gasteiger partial charge in [-0.05, 0) is 36.2 Å². The SMILES string of the molecule is Fc1ccc(-c2csc3ncnc(SCCCc4nc(-c5ccncc5)no4)c23)cc1. The van der Waals surface area contributed by atoms with E-state index in [2.05, 4.69) is 30.5 Å². The number of aromatic nitrogens is 5. The van der Waals surface area contributed by atoms with Gasteiger partial charge in [0.05, 0.1) is 5.39 Å². The zero-order valence-corrected chi connectivity index (χ0v) is 17.9. The van der Waals surface area contributed by atoms with Gasteiger partial charge in [-0.3, -0.25) is 4.98 Å². The Bertz CT molecular complexity index is 1300. The number of thiophene rings is 1. The summed E-state index contributed by atoms with van der Waals surface area (Å²) in [6, 6.07) is 10.2. The molecule has 0 aliphatic carbocycles. The van der Waals surface area contributed by atoms with E-state index in [0.717, 1.165) is 44.1 Å². The summed E-state index contributed by atoms with van der Waals surface area (Å²) < 4.78 is 18.7. The molecule has 0 spiro atoms. The van der Waals surface area contributed by atoms with Crippen molar-refractivity contribution < 1.29 is 8.91 Å². The molecule has 5 rings (SSSR count). The second-order valence-electron chi connectivity index (χ2n) is 6.71. The molecule has 6 nitrogen and oxygen atoms in total. The van der Waals surface area contributed by atoms with Gasteiger partial charge in [0, 0.05) is 41.1 Å². The maximum absolute atomic E-state index is 13.3. The van der Waals surface area contributed by atoms with Crippen LogP contribution >= 0.6 is 23.1 Å². The lowest BCUT2D eigenvalue weighted by Crippen LogP contribution is -1.91. The lowest BCUT2D eigenvalue weighted by Gasteiger charge is -2.05. The van der Waals surface area contributed by atoms with Crippen molar-refractivity contribution in [2.24, 2.45) is 0 Å². The minimum absolute atomic E-state index is 0.248. The van der Waals surface area contributed by atoms with Crippen molar-refractivity contribution in [2.75, 3.05) is 5.75 Å². The number of benzene rings is 1. The second-order valence-corrected chi connectivity index (χ2v) is 8.66. The monoisotopic (exact) mass is 449 g/mol. The van der Waals surface area contributed by atoms with Crippen LogP contribution in [0.3, 0.4) is 0 Å². The third kappa shape index (κ3) is 4.33. The highest BCUT2D eigenvalue weighted by molar-refractivity contribution is 7.99. The highest BCUT2D eigenvalue weighted by atomic mass is 32.2. The average Bonchev–Trinajstić information content (AvgIpc) is 3.46. The Morgan fingerprint density at radius 2 is 1.84 bits per heavy atom. The van der Waals surface area contributed by atoms with Crippen molar-refractivity contribution in [3.8, 4) is 22.5 Å². The predicted molar refractivity (Wildman–Crippen MR) is 119 cm³/mol. The molecule has 4 heterocycles. The van der Waals surface area contributed by atoms with Gasteiger partial charge in [-0.15, -0.1) is 23.1 Å². The normalized spacial score (nSPS) is 11.3. The third-order valence-electron chi connectivity index (χ3n) is 4.67. The zero-order chi connectivity index (χ0) is 21.0.